The number of carbonyl (C=O) groups is 2. The van der Waals surface area contributed by atoms with Gasteiger partial charge in [0.15, 0.2) is 5.76 Å². The first-order valence-corrected chi connectivity index (χ1v) is 9.20. The molecule has 0 bridgehead atoms. The molecule has 1 saturated heterocycles. The van der Waals surface area contributed by atoms with Crippen molar-refractivity contribution in [1.29, 1.82) is 0 Å². The highest BCUT2D eigenvalue weighted by atomic mass is 16.6. The molecule has 6 nitrogen and oxygen atoms in total. The maximum atomic E-state index is 12.6. The van der Waals surface area contributed by atoms with Gasteiger partial charge >= 0.3 is 6.09 Å². The van der Waals surface area contributed by atoms with Crippen molar-refractivity contribution in [2.75, 3.05) is 19.7 Å². The molecule has 0 unspecified atom stereocenters. The van der Waals surface area contributed by atoms with E-state index < -0.39 is 0 Å². The molecule has 1 aromatic heterocycles. The number of hydrogen-bond acceptors (Lipinski definition) is 4. The summed E-state index contributed by atoms with van der Waals surface area (Å²) in [5.41, 5.74) is 1.83. The Bertz CT molecular complexity index is 798. The van der Waals surface area contributed by atoms with Crippen molar-refractivity contribution in [3.63, 3.8) is 0 Å². The van der Waals surface area contributed by atoms with Gasteiger partial charge in [-0.1, -0.05) is 11.6 Å². The molecule has 3 rings (SSSR count). The molecular formula is C20H26N2O4. The topological polar surface area (TPSA) is 71.8 Å². The van der Waals surface area contributed by atoms with Crippen LogP contribution < -0.4 is 5.32 Å². The molecule has 2 atom stereocenters. The van der Waals surface area contributed by atoms with E-state index in [9.17, 15) is 9.59 Å². The Kier molecular flexibility index (Phi) is 5.49. The van der Waals surface area contributed by atoms with Gasteiger partial charge in [-0.25, -0.2) is 4.79 Å². The molecule has 1 N–H and O–H groups in total. The second-order valence-electron chi connectivity index (χ2n) is 6.96. The van der Waals surface area contributed by atoms with Crippen LogP contribution in [0.25, 0.3) is 11.0 Å². The average Bonchev–Trinajstić information content (AvgIpc) is 3.05. The van der Waals surface area contributed by atoms with Gasteiger partial charge in [-0.15, -0.1) is 0 Å². The van der Waals surface area contributed by atoms with E-state index in [0.717, 1.165) is 23.8 Å². The lowest BCUT2D eigenvalue weighted by atomic mass is 9.91. The summed E-state index contributed by atoms with van der Waals surface area (Å²) in [6.45, 7) is 7.46. The van der Waals surface area contributed by atoms with Gasteiger partial charge in [0.2, 0.25) is 0 Å². The first kappa shape index (κ1) is 18.3. The van der Waals surface area contributed by atoms with Crippen LogP contribution in [0.1, 0.15) is 42.8 Å². The summed E-state index contributed by atoms with van der Waals surface area (Å²) in [4.78, 5) is 26.2. The smallest absolute Gasteiger partial charge is 0.409 e. The Labute approximate surface area is 153 Å². The zero-order valence-corrected chi connectivity index (χ0v) is 15.6. The third kappa shape index (κ3) is 4.00. The zero-order valence-electron chi connectivity index (χ0n) is 15.6. The van der Waals surface area contributed by atoms with Crippen molar-refractivity contribution >= 4 is 23.0 Å². The quantitative estimate of drug-likeness (QED) is 0.904. The molecule has 0 aliphatic carbocycles. The van der Waals surface area contributed by atoms with Crippen LogP contribution in [0.2, 0.25) is 0 Å². The highest BCUT2D eigenvalue weighted by Gasteiger charge is 2.29. The van der Waals surface area contributed by atoms with Crippen LogP contribution in [0.4, 0.5) is 4.79 Å². The molecule has 2 aromatic rings. The molecule has 2 heterocycles. The van der Waals surface area contributed by atoms with Crippen molar-refractivity contribution in [3.05, 3.63) is 35.6 Å². The molecule has 1 aliphatic heterocycles. The number of amides is 2. The Morgan fingerprint density at radius 3 is 2.96 bits per heavy atom. The highest BCUT2D eigenvalue weighted by molar-refractivity contribution is 5.96. The van der Waals surface area contributed by atoms with Crippen LogP contribution in [0.5, 0.6) is 0 Å². The first-order chi connectivity index (χ1) is 12.5. The van der Waals surface area contributed by atoms with E-state index in [1.807, 2.05) is 32.0 Å². The monoisotopic (exact) mass is 358 g/mol. The Morgan fingerprint density at radius 1 is 1.38 bits per heavy atom. The summed E-state index contributed by atoms with van der Waals surface area (Å²) in [7, 11) is 0. The van der Waals surface area contributed by atoms with E-state index in [1.165, 1.54) is 0 Å². The fraction of sp³-hybridized carbons (Fsp3) is 0.500. The van der Waals surface area contributed by atoms with Crippen molar-refractivity contribution in [3.8, 4) is 0 Å². The lowest BCUT2D eigenvalue weighted by Gasteiger charge is -2.35. The number of carbonyl (C=O) groups excluding carboxylic acids is 2. The van der Waals surface area contributed by atoms with E-state index in [2.05, 4.69) is 5.32 Å². The third-order valence-corrected chi connectivity index (χ3v) is 4.95. The van der Waals surface area contributed by atoms with Gasteiger partial charge in [0.05, 0.1) is 6.61 Å². The largest absolute Gasteiger partial charge is 0.451 e. The summed E-state index contributed by atoms with van der Waals surface area (Å²) >= 11 is 0. The normalized spacial score (nSPS) is 18.6. The molecular weight excluding hydrogens is 332 g/mol. The standard InChI is InChI=1S/C20H26N2O4/c1-4-25-20(24)22-9-5-6-15(12-22)14(3)21-19(23)18-11-16-10-13(2)7-8-17(16)26-18/h7-8,10-11,14-15H,4-6,9,12H2,1-3H3,(H,21,23)/t14-,15-/m1/s1. The Morgan fingerprint density at radius 2 is 2.19 bits per heavy atom. The van der Waals surface area contributed by atoms with E-state index in [0.29, 0.717) is 31.0 Å². The number of aryl methyl sites for hydroxylation is 1. The van der Waals surface area contributed by atoms with Gasteiger partial charge in [-0.3, -0.25) is 4.79 Å². The summed E-state index contributed by atoms with van der Waals surface area (Å²) in [5.74, 6) is 0.291. The molecule has 26 heavy (non-hydrogen) atoms. The lowest BCUT2D eigenvalue weighted by molar-refractivity contribution is 0.0779. The fourth-order valence-corrected chi connectivity index (χ4v) is 3.47. The fourth-order valence-electron chi connectivity index (χ4n) is 3.47. The van der Waals surface area contributed by atoms with Crippen LogP contribution in [0, 0.1) is 12.8 Å². The van der Waals surface area contributed by atoms with Crippen LogP contribution in [0.3, 0.4) is 0 Å². The van der Waals surface area contributed by atoms with Crippen LogP contribution in [0.15, 0.2) is 28.7 Å². The summed E-state index contributed by atoms with van der Waals surface area (Å²) in [6.07, 6.45) is 1.60. The number of benzene rings is 1. The van der Waals surface area contributed by atoms with Crippen LogP contribution in [-0.4, -0.2) is 42.6 Å². The van der Waals surface area contributed by atoms with Gasteiger partial charge < -0.3 is 19.4 Å². The maximum absolute atomic E-state index is 12.6. The van der Waals surface area contributed by atoms with Crippen molar-refractivity contribution in [1.82, 2.24) is 10.2 Å². The highest BCUT2D eigenvalue weighted by Crippen LogP contribution is 2.23. The van der Waals surface area contributed by atoms with E-state index in [1.54, 1.807) is 17.9 Å². The minimum atomic E-state index is -0.275. The second-order valence-corrected chi connectivity index (χ2v) is 6.96. The summed E-state index contributed by atoms with van der Waals surface area (Å²) in [6, 6.07) is 7.55. The van der Waals surface area contributed by atoms with E-state index >= 15 is 0 Å². The van der Waals surface area contributed by atoms with E-state index in [4.69, 9.17) is 9.15 Å². The van der Waals surface area contributed by atoms with Gasteiger partial charge in [0.25, 0.3) is 5.91 Å². The van der Waals surface area contributed by atoms with Gasteiger partial charge in [-0.2, -0.15) is 0 Å². The number of likely N-dealkylation sites (tertiary alicyclic amines) is 1. The number of piperidine rings is 1. The molecule has 2 amide bonds. The van der Waals surface area contributed by atoms with Gasteiger partial charge in [0.1, 0.15) is 5.58 Å². The first-order valence-electron chi connectivity index (χ1n) is 9.20. The molecule has 6 heteroatoms. The second kappa shape index (κ2) is 7.81. The third-order valence-electron chi connectivity index (χ3n) is 4.95. The van der Waals surface area contributed by atoms with Gasteiger partial charge in [0, 0.05) is 24.5 Å². The number of nitrogens with one attached hydrogen (secondary N) is 1. The van der Waals surface area contributed by atoms with Crippen molar-refractivity contribution in [2.45, 2.75) is 39.7 Å². The number of furan rings is 1. The SMILES string of the molecule is CCOC(=O)N1CCC[C@@H]([C@@H](C)NC(=O)c2cc3cc(C)ccc3o2)C1. The summed E-state index contributed by atoms with van der Waals surface area (Å²) in [5, 5.41) is 3.95. The number of fused-ring (bicyclic) bond motifs is 1. The predicted molar refractivity (Wildman–Crippen MR) is 99.2 cm³/mol. The summed E-state index contributed by atoms with van der Waals surface area (Å²) < 4.78 is 10.8. The molecule has 140 valence electrons. The minimum absolute atomic E-state index is 0.0605. The number of hydrogen-bond donors (Lipinski definition) is 1. The maximum Gasteiger partial charge on any atom is 0.409 e. The van der Waals surface area contributed by atoms with Crippen molar-refractivity contribution < 1.29 is 18.7 Å². The number of ether oxygens (including phenoxy) is 1. The average molecular weight is 358 g/mol. The lowest BCUT2D eigenvalue weighted by Crippen LogP contribution is -2.48. The number of nitrogens with zero attached hydrogens (tertiary/aromatic N) is 1. The molecule has 1 fully saturated rings. The molecule has 0 spiro atoms. The zero-order chi connectivity index (χ0) is 18.7. The minimum Gasteiger partial charge on any atom is -0.451 e. The Hall–Kier alpha value is -2.50. The molecule has 1 aromatic carbocycles. The van der Waals surface area contributed by atoms with Crippen molar-refractivity contribution in [2.24, 2.45) is 5.92 Å². The molecule has 1 aliphatic rings. The van der Waals surface area contributed by atoms with E-state index in [-0.39, 0.29) is 24.0 Å². The van der Waals surface area contributed by atoms with Gasteiger partial charge in [-0.05, 0) is 57.7 Å². The van der Waals surface area contributed by atoms with Crippen LogP contribution >= 0.6 is 0 Å². The number of rotatable bonds is 4. The van der Waals surface area contributed by atoms with Crippen LogP contribution in [-0.2, 0) is 4.74 Å². The molecule has 0 saturated carbocycles. The Balaban J connectivity index is 1.63. The predicted octanol–water partition coefficient (Wildman–Crippen LogP) is 3.73. The molecule has 0 radical (unpaired) electrons.